The number of rotatable bonds is 0. The van der Waals surface area contributed by atoms with Crippen molar-refractivity contribution >= 4 is 6.47 Å². The molecule has 1 aliphatic carbocycles. The summed E-state index contributed by atoms with van der Waals surface area (Å²) in [6.07, 6.45) is 7.56. The molecule has 0 aromatic heterocycles. The van der Waals surface area contributed by atoms with Crippen LogP contribution in [-0.4, -0.2) is 11.6 Å². The topological polar surface area (TPSA) is 37.3 Å². The van der Waals surface area contributed by atoms with Crippen LogP contribution in [0.15, 0.2) is 23.8 Å². The molecule has 0 saturated heterocycles. The second-order valence-electron chi connectivity index (χ2n) is 1.75. The van der Waals surface area contributed by atoms with Crippen molar-refractivity contribution in [1.82, 2.24) is 0 Å². The average Bonchev–Trinajstić information content (AvgIpc) is 2.20. The summed E-state index contributed by atoms with van der Waals surface area (Å²) in [5.74, 6) is 0. The average molecular weight is 126 g/mol. The molecule has 1 rings (SSSR count). The molecule has 0 amide bonds. The van der Waals surface area contributed by atoms with E-state index in [1.165, 1.54) is 12.0 Å². The quantitative estimate of drug-likeness (QED) is 0.500. The normalized spacial score (nSPS) is 13.7. The maximum atomic E-state index is 8.36. The lowest BCUT2D eigenvalue weighted by molar-refractivity contribution is -0.122. The van der Waals surface area contributed by atoms with E-state index in [2.05, 4.69) is 25.2 Å². The largest absolute Gasteiger partial charge is 0.483 e. The molecule has 0 spiro atoms. The molecule has 0 aliphatic heterocycles. The molecule has 0 fully saturated rings. The first-order valence-corrected chi connectivity index (χ1v) is 2.71. The van der Waals surface area contributed by atoms with E-state index in [1.54, 1.807) is 0 Å². The third-order valence-corrected chi connectivity index (χ3v) is 0.957. The van der Waals surface area contributed by atoms with Crippen molar-refractivity contribution in [1.29, 1.82) is 0 Å². The van der Waals surface area contributed by atoms with Crippen molar-refractivity contribution < 1.29 is 9.90 Å². The van der Waals surface area contributed by atoms with E-state index < -0.39 is 0 Å². The van der Waals surface area contributed by atoms with E-state index in [4.69, 9.17) is 9.90 Å². The molecule has 0 atom stereocenters. The molecule has 0 radical (unpaired) electrons. The molecule has 50 valence electrons. The van der Waals surface area contributed by atoms with Crippen LogP contribution in [0.4, 0.5) is 0 Å². The smallest absolute Gasteiger partial charge is 0.290 e. The van der Waals surface area contributed by atoms with E-state index in [0.29, 0.717) is 0 Å². The van der Waals surface area contributed by atoms with Crippen molar-refractivity contribution in [3.8, 4) is 0 Å². The molecule has 0 heterocycles. The predicted molar refractivity (Wildman–Crippen MR) is 36.2 cm³/mol. The summed E-state index contributed by atoms with van der Waals surface area (Å²) in [7, 11) is 0. The van der Waals surface area contributed by atoms with Gasteiger partial charge in [-0.2, -0.15) is 0 Å². The van der Waals surface area contributed by atoms with Gasteiger partial charge in [0.25, 0.3) is 6.47 Å². The lowest BCUT2D eigenvalue weighted by Crippen LogP contribution is -1.58. The highest BCUT2D eigenvalue weighted by molar-refractivity contribution is 5.32. The van der Waals surface area contributed by atoms with Crippen molar-refractivity contribution in [3.05, 3.63) is 23.8 Å². The third kappa shape index (κ3) is 4.81. The molecule has 9 heavy (non-hydrogen) atoms. The van der Waals surface area contributed by atoms with Crippen LogP contribution < -0.4 is 0 Å². The maximum absolute atomic E-state index is 8.36. The van der Waals surface area contributed by atoms with Gasteiger partial charge in [-0.1, -0.05) is 23.8 Å². The van der Waals surface area contributed by atoms with E-state index in [1.807, 2.05) is 0 Å². The van der Waals surface area contributed by atoms with Gasteiger partial charge in [0.2, 0.25) is 0 Å². The first kappa shape index (κ1) is 7.95. The molecule has 0 aromatic rings. The highest BCUT2D eigenvalue weighted by Crippen LogP contribution is 2.06. The summed E-state index contributed by atoms with van der Waals surface area (Å²) < 4.78 is 0. The maximum Gasteiger partial charge on any atom is 0.290 e. The van der Waals surface area contributed by atoms with Crippen LogP contribution in [-0.2, 0) is 4.79 Å². The van der Waals surface area contributed by atoms with Gasteiger partial charge in [0.1, 0.15) is 0 Å². The van der Waals surface area contributed by atoms with Gasteiger partial charge >= 0.3 is 0 Å². The van der Waals surface area contributed by atoms with Gasteiger partial charge < -0.3 is 5.11 Å². The molecule has 2 nitrogen and oxygen atoms in total. The van der Waals surface area contributed by atoms with Crippen LogP contribution in [0.3, 0.4) is 0 Å². The Balaban J connectivity index is 0.000000187. The van der Waals surface area contributed by atoms with Gasteiger partial charge in [-0.3, -0.25) is 4.79 Å². The zero-order valence-corrected chi connectivity index (χ0v) is 5.37. The number of allylic oxidation sites excluding steroid dienone is 4. The zero-order chi connectivity index (χ0) is 7.11. The number of hydrogen-bond acceptors (Lipinski definition) is 1. The standard InChI is InChI=1S/C6H8.CH2O2/c1-6-4-2-3-5-6;2-1-3/h2-4H,5H2,1H3;1H,(H,2,3). The Morgan fingerprint density at radius 3 is 2.44 bits per heavy atom. The monoisotopic (exact) mass is 126 g/mol. The second kappa shape index (κ2) is 5.09. The van der Waals surface area contributed by atoms with E-state index >= 15 is 0 Å². The fraction of sp³-hybridized carbons (Fsp3) is 0.286. The van der Waals surface area contributed by atoms with Gasteiger partial charge in [0.15, 0.2) is 0 Å². The summed E-state index contributed by atoms with van der Waals surface area (Å²) in [5, 5.41) is 6.89. The van der Waals surface area contributed by atoms with Gasteiger partial charge in [0.05, 0.1) is 0 Å². The van der Waals surface area contributed by atoms with Crippen LogP contribution >= 0.6 is 0 Å². The van der Waals surface area contributed by atoms with Crippen molar-refractivity contribution in [2.75, 3.05) is 0 Å². The van der Waals surface area contributed by atoms with E-state index in [9.17, 15) is 0 Å². The fourth-order valence-corrected chi connectivity index (χ4v) is 0.554. The first-order chi connectivity index (χ1) is 4.31. The molecule has 0 unspecified atom stereocenters. The van der Waals surface area contributed by atoms with Gasteiger partial charge in [-0.05, 0) is 13.3 Å². The van der Waals surface area contributed by atoms with Gasteiger partial charge in [-0.25, -0.2) is 0 Å². The molecule has 0 saturated carbocycles. The van der Waals surface area contributed by atoms with Gasteiger partial charge in [0, 0.05) is 0 Å². The molecular weight excluding hydrogens is 116 g/mol. The van der Waals surface area contributed by atoms with Crippen molar-refractivity contribution in [2.45, 2.75) is 13.3 Å². The lowest BCUT2D eigenvalue weighted by Gasteiger charge is -1.78. The second-order valence-corrected chi connectivity index (χ2v) is 1.75. The highest BCUT2D eigenvalue weighted by atomic mass is 16.3. The summed E-state index contributed by atoms with van der Waals surface area (Å²) in [4.78, 5) is 8.36. The van der Waals surface area contributed by atoms with E-state index in [0.717, 1.165) is 0 Å². The Labute approximate surface area is 54.5 Å². The SMILES string of the molecule is CC1=CC=CC1.O=CO. The summed E-state index contributed by atoms with van der Waals surface area (Å²) >= 11 is 0. The number of carbonyl (C=O) groups is 1. The Hall–Kier alpha value is -1.05. The van der Waals surface area contributed by atoms with Crippen LogP contribution in [0.2, 0.25) is 0 Å². The van der Waals surface area contributed by atoms with Crippen LogP contribution in [0, 0.1) is 0 Å². The van der Waals surface area contributed by atoms with Crippen molar-refractivity contribution in [3.63, 3.8) is 0 Å². The predicted octanol–water partition coefficient (Wildman–Crippen LogP) is 1.59. The molecule has 1 N–H and O–H groups in total. The Morgan fingerprint density at radius 2 is 2.33 bits per heavy atom. The highest BCUT2D eigenvalue weighted by Gasteiger charge is 1.86. The van der Waals surface area contributed by atoms with Crippen LogP contribution in [0.5, 0.6) is 0 Å². The molecule has 2 heteroatoms. The Bertz CT molecular complexity index is 134. The first-order valence-electron chi connectivity index (χ1n) is 2.71. The summed E-state index contributed by atoms with van der Waals surface area (Å²) in [6.45, 7) is 1.89. The Morgan fingerprint density at radius 1 is 1.78 bits per heavy atom. The minimum atomic E-state index is -0.250. The minimum absolute atomic E-state index is 0.250. The summed E-state index contributed by atoms with van der Waals surface area (Å²) in [6, 6.07) is 0. The molecule has 0 aromatic carbocycles. The van der Waals surface area contributed by atoms with Crippen LogP contribution in [0.25, 0.3) is 0 Å². The molecular formula is C7H10O2. The lowest BCUT2D eigenvalue weighted by atomic mass is 10.3. The minimum Gasteiger partial charge on any atom is -0.483 e. The van der Waals surface area contributed by atoms with Crippen molar-refractivity contribution in [2.24, 2.45) is 0 Å². The number of hydrogen-bond donors (Lipinski definition) is 1. The zero-order valence-electron chi connectivity index (χ0n) is 5.37. The molecule has 0 bridgehead atoms. The van der Waals surface area contributed by atoms with Gasteiger partial charge in [-0.15, -0.1) is 0 Å². The molecule has 1 aliphatic rings. The third-order valence-electron chi connectivity index (χ3n) is 0.957. The van der Waals surface area contributed by atoms with Crippen LogP contribution in [0.1, 0.15) is 13.3 Å². The summed E-state index contributed by atoms with van der Waals surface area (Å²) in [5.41, 5.74) is 1.47. The van der Waals surface area contributed by atoms with E-state index in [-0.39, 0.29) is 6.47 Å². The fourth-order valence-electron chi connectivity index (χ4n) is 0.554. The Kier molecular flexibility index (Phi) is 4.50. The number of carboxylic acid groups (broad SMARTS) is 1.